The summed E-state index contributed by atoms with van der Waals surface area (Å²) < 4.78 is 0. The molecule has 2 heteroatoms. The molecule has 11 heavy (non-hydrogen) atoms. The van der Waals surface area contributed by atoms with Crippen LogP contribution in [0.2, 0.25) is 0 Å². The average Bonchev–Trinajstić information content (AvgIpc) is 2.43. The van der Waals surface area contributed by atoms with Crippen molar-refractivity contribution in [3.63, 3.8) is 0 Å². The SMILES string of the molecule is CC1CN2CCCC2(CN)C1. The highest BCUT2D eigenvalue weighted by atomic mass is 15.3. The Morgan fingerprint density at radius 3 is 3.09 bits per heavy atom. The Bertz CT molecular complexity index is 158. The Kier molecular flexibility index (Phi) is 1.69. The molecule has 0 aliphatic carbocycles. The molecule has 0 spiro atoms. The zero-order valence-corrected chi connectivity index (χ0v) is 7.34. The maximum absolute atomic E-state index is 5.83. The van der Waals surface area contributed by atoms with Crippen molar-refractivity contribution in [1.82, 2.24) is 4.90 Å². The van der Waals surface area contributed by atoms with Gasteiger partial charge in [0.2, 0.25) is 0 Å². The van der Waals surface area contributed by atoms with E-state index >= 15 is 0 Å². The van der Waals surface area contributed by atoms with E-state index < -0.39 is 0 Å². The van der Waals surface area contributed by atoms with Crippen LogP contribution in [0.4, 0.5) is 0 Å². The zero-order valence-electron chi connectivity index (χ0n) is 7.34. The molecule has 2 fully saturated rings. The molecule has 2 heterocycles. The fourth-order valence-corrected chi connectivity index (χ4v) is 2.91. The largest absolute Gasteiger partial charge is 0.329 e. The molecule has 0 aromatic heterocycles. The normalized spacial score (nSPS) is 44.7. The predicted octanol–water partition coefficient (Wildman–Crippen LogP) is 0.820. The molecule has 2 saturated heterocycles. The molecule has 2 N–H and O–H groups in total. The van der Waals surface area contributed by atoms with Crippen LogP contribution in [-0.4, -0.2) is 30.1 Å². The molecule has 0 aromatic carbocycles. The van der Waals surface area contributed by atoms with E-state index in [1.165, 1.54) is 32.4 Å². The summed E-state index contributed by atoms with van der Waals surface area (Å²) in [4.78, 5) is 2.61. The fraction of sp³-hybridized carbons (Fsp3) is 1.00. The van der Waals surface area contributed by atoms with Crippen LogP contribution in [0.15, 0.2) is 0 Å². The van der Waals surface area contributed by atoms with Crippen molar-refractivity contribution in [3.05, 3.63) is 0 Å². The number of hydrogen-bond donors (Lipinski definition) is 1. The predicted molar refractivity (Wildman–Crippen MR) is 46.4 cm³/mol. The Morgan fingerprint density at radius 2 is 2.45 bits per heavy atom. The first kappa shape index (κ1) is 7.56. The lowest BCUT2D eigenvalue weighted by atomic mass is 9.91. The maximum Gasteiger partial charge on any atom is 0.0335 e. The summed E-state index contributed by atoms with van der Waals surface area (Å²) in [7, 11) is 0. The van der Waals surface area contributed by atoms with E-state index in [2.05, 4.69) is 11.8 Å². The summed E-state index contributed by atoms with van der Waals surface area (Å²) in [6.45, 7) is 5.80. The molecule has 0 saturated carbocycles. The molecule has 0 aromatic rings. The van der Waals surface area contributed by atoms with Crippen molar-refractivity contribution >= 4 is 0 Å². The quantitative estimate of drug-likeness (QED) is 0.606. The molecular weight excluding hydrogens is 136 g/mol. The van der Waals surface area contributed by atoms with Crippen molar-refractivity contribution in [3.8, 4) is 0 Å². The number of fused-ring (bicyclic) bond motifs is 1. The number of nitrogens with zero attached hydrogens (tertiary/aromatic N) is 1. The van der Waals surface area contributed by atoms with Crippen LogP contribution in [0, 0.1) is 5.92 Å². The van der Waals surface area contributed by atoms with Gasteiger partial charge in [-0.1, -0.05) is 6.92 Å². The van der Waals surface area contributed by atoms with E-state index in [1.54, 1.807) is 0 Å². The van der Waals surface area contributed by atoms with Gasteiger partial charge in [0.1, 0.15) is 0 Å². The summed E-state index contributed by atoms with van der Waals surface area (Å²) in [5.74, 6) is 0.874. The second kappa shape index (κ2) is 2.46. The lowest BCUT2D eigenvalue weighted by Gasteiger charge is -2.30. The minimum Gasteiger partial charge on any atom is -0.329 e. The molecule has 2 rings (SSSR count). The van der Waals surface area contributed by atoms with E-state index in [0.29, 0.717) is 5.54 Å². The third-order valence-electron chi connectivity index (χ3n) is 3.38. The van der Waals surface area contributed by atoms with Gasteiger partial charge >= 0.3 is 0 Å². The molecule has 2 aliphatic heterocycles. The molecule has 0 radical (unpaired) electrons. The van der Waals surface area contributed by atoms with Crippen molar-refractivity contribution in [2.75, 3.05) is 19.6 Å². The van der Waals surface area contributed by atoms with Gasteiger partial charge in [0.15, 0.2) is 0 Å². The highest BCUT2D eigenvalue weighted by molar-refractivity contribution is 5.02. The van der Waals surface area contributed by atoms with Crippen molar-refractivity contribution in [2.24, 2.45) is 11.7 Å². The summed E-state index contributed by atoms with van der Waals surface area (Å²) >= 11 is 0. The van der Waals surface area contributed by atoms with Crippen LogP contribution in [0.3, 0.4) is 0 Å². The first-order valence-corrected chi connectivity index (χ1v) is 4.72. The first-order valence-electron chi connectivity index (χ1n) is 4.72. The highest BCUT2D eigenvalue weighted by Gasteiger charge is 2.45. The molecule has 2 unspecified atom stereocenters. The number of hydrogen-bond acceptors (Lipinski definition) is 2. The lowest BCUT2D eigenvalue weighted by molar-refractivity contribution is 0.204. The van der Waals surface area contributed by atoms with E-state index in [1.807, 2.05) is 0 Å². The molecule has 0 bridgehead atoms. The summed E-state index contributed by atoms with van der Waals surface area (Å²) in [5, 5.41) is 0. The Morgan fingerprint density at radius 1 is 1.64 bits per heavy atom. The molecule has 2 nitrogen and oxygen atoms in total. The first-order chi connectivity index (χ1) is 5.27. The third-order valence-corrected chi connectivity index (χ3v) is 3.38. The van der Waals surface area contributed by atoms with E-state index in [4.69, 9.17) is 5.73 Å². The Hall–Kier alpha value is -0.0800. The third kappa shape index (κ3) is 1.00. The van der Waals surface area contributed by atoms with Gasteiger partial charge in [-0.25, -0.2) is 0 Å². The van der Waals surface area contributed by atoms with Gasteiger partial charge < -0.3 is 5.73 Å². The Balaban J connectivity index is 2.15. The van der Waals surface area contributed by atoms with Crippen LogP contribution in [-0.2, 0) is 0 Å². The van der Waals surface area contributed by atoms with Gasteiger partial charge in [-0.3, -0.25) is 4.90 Å². The summed E-state index contributed by atoms with van der Waals surface area (Å²) in [6, 6.07) is 0. The second-order valence-corrected chi connectivity index (χ2v) is 4.29. The fourth-order valence-electron chi connectivity index (χ4n) is 2.91. The smallest absolute Gasteiger partial charge is 0.0335 e. The molecule has 2 aliphatic rings. The minimum absolute atomic E-state index is 0.430. The van der Waals surface area contributed by atoms with Crippen LogP contribution in [0.1, 0.15) is 26.2 Å². The van der Waals surface area contributed by atoms with Crippen molar-refractivity contribution in [1.29, 1.82) is 0 Å². The van der Waals surface area contributed by atoms with Crippen LogP contribution in [0.5, 0.6) is 0 Å². The molecule has 0 amide bonds. The van der Waals surface area contributed by atoms with E-state index in [9.17, 15) is 0 Å². The van der Waals surface area contributed by atoms with E-state index in [0.717, 1.165) is 12.5 Å². The molecule has 64 valence electrons. The highest BCUT2D eigenvalue weighted by Crippen LogP contribution is 2.40. The van der Waals surface area contributed by atoms with Crippen LogP contribution >= 0.6 is 0 Å². The van der Waals surface area contributed by atoms with Gasteiger partial charge in [0, 0.05) is 18.6 Å². The Labute approximate surface area is 68.7 Å². The van der Waals surface area contributed by atoms with E-state index in [-0.39, 0.29) is 0 Å². The topological polar surface area (TPSA) is 29.3 Å². The van der Waals surface area contributed by atoms with Crippen molar-refractivity contribution < 1.29 is 0 Å². The number of rotatable bonds is 1. The minimum atomic E-state index is 0.430. The molecular formula is C9H18N2. The summed E-state index contributed by atoms with van der Waals surface area (Å²) in [6.07, 6.45) is 4.04. The van der Waals surface area contributed by atoms with Gasteiger partial charge in [0.05, 0.1) is 0 Å². The average molecular weight is 154 g/mol. The van der Waals surface area contributed by atoms with Gasteiger partial charge in [-0.05, 0) is 31.7 Å². The lowest BCUT2D eigenvalue weighted by Crippen LogP contribution is -2.44. The standard InChI is InChI=1S/C9H18N2/c1-8-5-9(7-10)3-2-4-11(9)6-8/h8H,2-7,10H2,1H3. The van der Waals surface area contributed by atoms with Crippen LogP contribution in [0.25, 0.3) is 0 Å². The van der Waals surface area contributed by atoms with Gasteiger partial charge in [-0.2, -0.15) is 0 Å². The van der Waals surface area contributed by atoms with Gasteiger partial charge in [0.25, 0.3) is 0 Å². The van der Waals surface area contributed by atoms with Crippen LogP contribution < -0.4 is 5.73 Å². The van der Waals surface area contributed by atoms with Gasteiger partial charge in [-0.15, -0.1) is 0 Å². The number of nitrogens with two attached hydrogens (primary N) is 1. The zero-order chi connectivity index (χ0) is 7.90. The summed E-state index contributed by atoms with van der Waals surface area (Å²) in [5.41, 5.74) is 6.26. The maximum atomic E-state index is 5.83. The van der Waals surface area contributed by atoms with Crippen molar-refractivity contribution in [2.45, 2.75) is 31.7 Å². The second-order valence-electron chi connectivity index (χ2n) is 4.29. The monoisotopic (exact) mass is 154 g/mol. The molecule has 2 atom stereocenters.